The second-order valence-electron chi connectivity index (χ2n) is 8.77. The Kier molecular flexibility index (Phi) is 8.97. The van der Waals surface area contributed by atoms with E-state index in [4.69, 9.17) is 20.6 Å². The summed E-state index contributed by atoms with van der Waals surface area (Å²) in [6.07, 6.45) is 0.772. The Labute approximate surface area is 223 Å². The van der Waals surface area contributed by atoms with Crippen LogP contribution in [0.25, 0.3) is 0 Å². The van der Waals surface area contributed by atoms with E-state index in [9.17, 15) is 4.79 Å². The molecule has 1 atom stereocenters. The van der Waals surface area contributed by atoms with Gasteiger partial charge < -0.3 is 25.8 Å². The average Bonchev–Trinajstić information content (AvgIpc) is 2.96. The Bertz CT molecular complexity index is 1340. The molecule has 0 unspecified atom stereocenters. The van der Waals surface area contributed by atoms with E-state index in [0.29, 0.717) is 30.2 Å². The summed E-state index contributed by atoms with van der Waals surface area (Å²) in [5.41, 5.74) is 9.83. The molecule has 4 aromatic rings. The number of carbonyl (C=O) groups excluding carboxylic acids is 1. The molecule has 4 rings (SSSR count). The van der Waals surface area contributed by atoms with Crippen LogP contribution in [0.4, 0.5) is 5.69 Å². The first-order chi connectivity index (χ1) is 18.5. The molecule has 0 heterocycles. The van der Waals surface area contributed by atoms with Crippen LogP contribution < -0.4 is 25.8 Å². The van der Waals surface area contributed by atoms with Crippen molar-refractivity contribution < 1.29 is 14.3 Å². The molecular formula is C31H32N4O3. The van der Waals surface area contributed by atoms with Crippen molar-refractivity contribution >= 4 is 17.4 Å². The van der Waals surface area contributed by atoms with Gasteiger partial charge in [0.05, 0.1) is 13.7 Å². The molecule has 0 aliphatic rings. The first kappa shape index (κ1) is 26.3. The van der Waals surface area contributed by atoms with Gasteiger partial charge in [-0.2, -0.15) is 0 Å². The quantitative estimate of drug-likeness (QED) is 0.158. The molecule has 0 aliphatic carbocycles. The average molecular weight is 509 g/mol. The maximum Gasteiger partial charge on any atom is 0.247 e. The zero-order valence-corrected chi connectivity index (χ0v) is 21.3. The number of nitrogens with two attached hydrogens (primary N) is 1. The standard InChI is InChI=1S/C31H32N4O3/c1-37-28-20-25(14-17-27(28)38-19-18-22-8-4-2-5-9-22)29(31(36)34-21-23-10-6-3-7-11-23)35-26-15-12-24(13-16-26)30(32)33/h2-17,20,29,35H,18-19,21H2,1H3,(H3,32,33)(H,34,36)/t29-/m0/s1. The summed E-state index contributed by atoms with van der Waals surface area (Å²) in [6.45, 7) is 0.903. The number of rotatable bonds is 12. The van der Waals surface area contributed by atoms with Gasteiger partial charge in [0.1, 0.15) is 11.9 Å². The van der Waals surface area contributed by atoms with E-state index in [0.717, 1.165) is 23.2 Å². The van der Waals surface area contributed by atoms with Crippen LogP contribution in [-0.4, -0.2) is 25.5 Å². The lowest BCUT2D eigenvalue weighted by Crippen LogP contribution is -2.33. The van der Waals surface area contributed by atoms with Crippen molar-refractivity contribution in [2.45, 2.75) is 19.0 Å². The van der Waals surface area contributed by atoms with Gasteiger partial charge in [0.25, 0.3) is 0 Å². The number of methoxy groups -OCH3 is 1. The van der Waals surface area contributed by atoms with Gasteiger partial charge in [0, 0.05) is 24.2 Å². The van der Waals surface area contributed by atoms with Crippen molar-refractivity contribution in [3.8, 4) is 11.5 Å². The largest absolute Gasteiger partial charge is 0.493 e. The molecule has 0 saturated heterocycles. The van der Waals surface area contributed by atoms with E-state index in [1.54, 1.807) is 31.4 Å². The van der Waals surface area contributed by atoms with E-state index in [2.05, 4.69) is 22.8 Å². The van der Waals surface area contributed by atoms with Gasteiger partial charge in [0.15, 0.2) is 11.5 Å². The fourth-order valence-corrected chi connectivity index (χ4v) is 4.01. The zero-order valence-electron chi connectivity index (χ0n) is 21.3. The maximum atomic E-state index is 13.4. The summed E-state index contributed by atoms with van der Waals surface area (Å²) in [4.78, 5) is 13.4. The molecule has 5 N–H and O–H groups in total. The highest BCUT2D eigenvalue weighted by molar-refractivity contribution is 5.95. The van der Waals surface area contributed by atoms with Crippen LogP contribution in [0.1, 0.15) is 28.3 Å². The Morgan fingerprint density at radius 3 is 2.16 bits per heavy atom. The van der Waals surface area contributed by atoms with Crippen molar-refractivity contribution in [3.63, 3.8) is 0 Å². The van der Waals surface area contributed by atoms with Crippen LogP contribution in [0.5, 0.6) is 11.5 Å². The monoisotopic (exact) mass is 508 g/mol. The minimum atomic E-state index is -0.700. The summed E-state index contributed by atoms with van der Waals surface area (Å²) < 4.78 is 11.6. The van der Waals surface area contributed by atoms with Crippen LogP contribution in [-0.2, 0) is 17.8 Å². The number of amidine groups is 1. The third-order valence-electron chi connectivity index (χ3n) is 6.09. The molecule has 0 fully saturated rings. The first-order valence-electron chi connectivity index (χ1n) is 12.4. The molecule has 0 radical (unpaired) electrons. The highest BCUT2D eigenvalue weighted by Crippen LogP contribution is 2.32. The van der Waals surface area contributed by atoms with Crippen LogP contribution in [0.15, 0.2) is 103 Å². The predicted octanol–water partition coefficient (Wildman–Crippen LogP) is 5.07. The number of carbonyl (C=O) groups is 1. The van der Waals surface area contributed by atoms with E-state index >= 15 is 0 Å². The van der Waals surface area contributed by atoms with Gasteiger partial charge in [-0.1, -0.05) is 66.7 Å². The Morgan fingerprint density at radius 2 is 1.53 bits per heavy atom. The van der Waals surface area contributed by atoms with E-state index in [-0.39, 0.29) is 11.7 Å². The molecule has 0 aliphatic heterocycles. The lowest BCUT2D eigenvalue weighted by Gasteiger charge is -2.22. The number of nitrogens with one attached hydrogen (secondary N) is 3. The molecule has 0 spiro atoms. The highest BCUT2D eigenvalue weighted by atomic mass is 16.5. The van der Waals surface area contributed by atoms with Crippen molar-refractivity contribution in [2.24, 2.45) is 5.73 Å². The minimum Gasteiger partial charge on any atom is -0.493 e. The van der Waals surface area contributed by atoms with Gasteiger partial charge in [0.2, 0.25) is 5.91 Å². The summed E-state index contributed by atoms with van der Waals surface area (Å²) in [7, 11) is 1.58. The number of hydrogen-bond acceptors (Lipinski definition) is 5. The van der Waals surface area contributed by atoms with E-state index in [1.165, 1.54) is 5.56 Å². The maximum absolute atomic E-state index is 13.4. The summed E-state index contributed by atoms with van der Waals surface area (Å²) in [5.74, 6) is 0.956. The Balaban J connectivity index is 1.53. The second kappa shape index (κ2) is 13.0. The third kappa shape index (κ3) is 7.13. The number of anilines is 1. The number of nitrogen functional groups attached to an aromatic ring is 1. The lowest BCUT2D eigenvalue weighted by atomic mass is 10.0. The number of benzene rings is 4. The van der Waals surface area contributed by atoms with Crippen molar-refractivity contribution in [1.82, 2.24) is 5.32 Å². The van der Waals surface area contributed by atoms with Gasteiger partial charge in [-0.05, 0) is 53.1 Å². The molecular weight excluding hydrogens is 476 g/mol. The van der Waals surface area contributed by atoms with Gasteiger partial charge >= 0.3 is 0 Å². The van der Waals surface area contributed by atoms with Crippen LogP contribution in [0.3, 0.4) is 0 Å². The number of ether oxygens (including phenoxy) is 2. The molecule has 7 nitrogen and oxygen atoms in total. The second-order valence-corrected chi connectivity index (χ2v) is 8.77. The zero-order chi connectivity index (χ0) is 26.7. The molecule has 1 amide bonds. The SMILES string of the molecule is COc1cc([C@H](Nc2ccc(C(=N)N)cc2)C(=O)NCc2ccccc2)ccc1OCCc1ccccc1. The molecule has 194 valence electrons. The van der Waals surface area contributed by atoms with Gasteiger partial charge in [-0.3, -0.25) is 10.2 Å². The first-order valence-corrected chi connectivity index (χ1v) is 12.4. The lowest BCUT2D eigenvalue weighted by molar-refractivity contribution is -0.122. The van der Waals surface area contributed by atoms with Gasteiger partial charge in [-0.15, -0.1) is 0 Å². The molecule has 7 heteroatoms. The van der Waals surface area contributed by atoms with E-state index in [1.807, 2.05) is 66.7 Å². The Hall–Kier alpha value is -4.78. The summed E-state index contributed by atoms with van der Waals surface area (Å²) in [5, 5.41) is 14.0. The minimum absolute atomic E-state index is 0.0127. The van der Waals surface area contributed by atoms with Gasteiger partial charge in [-0.25, -0.2) is 0 Å². The van der Waals surface area contributed by atoms with Crippen LogP contribution in [0, 0.1) is 5.41 Å². The van der Waals surface area contributed by atoms with Crippen molar-refractivity contribution in [1.29, 1.82) is 5.41 Å². The highest BCUT2D eigenvalue weighted by Gasteiger charge is 2.22. The van der Waals surface area contributed by atoms with E-state index < -0.39 is 6.04 Å². The Morgan fingerprint density at radius 1 is 0.868 bits per heavy atom. The fourth-order valence-electron chi connectivity index (χ4n) is 4.01. The summed E-state index contributed by atoms with van der Waals surface area (Å²) >= 11 is 0. The molecule has 0 aromatic heterocycles. The molecule has 38 heavy (non-hydrogen) atoms. The smallest absolute Gasteiger partial charge is 0.247 e. The molecule has 4 aromatic carbocycles. The van der Waals surface area contributed by atoms with Crippen molar-refractivity contribution in [3.05, 3.63) is 125 Å². The topological polar surface area (TPSA) is 109 Å². The van der Waals surface area contributed by atoms with Crippen LogP contribution >= 0.6 is 0 Å². The summed E-state index contributed by atoms with van der Waals surface area (Å²) in [6, 6.07) is 31.8. The van der Waals surface area contributed by atoms with Crippen molar-refractivity contribution in [2.75, 3.05) is 19.0 Å². The number of hydrogen-bond donors (Lipinski definition) is 4. The third-order valence-corrected chi connectivity index (χ3v) is 6.09. The van der Waals surface area contributed by atoms with Crippen LogP contribution in [0.2, 0.25) is 0 Å². The number of amides is 1. The predicted molar refractivity (Wildman–Crippen MR) is 151 cm³/mol. The molecule has 0 saturated carbocycles. The fraction of sp³-hybridized carbons (Fsp3) is 0.161. The molecule has 0 bridgehead atoms. The normalized spacial score (nSPS) is 11.3.